The van der Waals surface area contributed by atoms with Crippen LogP contribution in [0.15, 0.2) is 30.3 Å². The van der Waals surface area contributed by atoms with Crippen molar-refractivity contribution in [3.8, 4) is 5.75 Å². The number of halogens is 1. The van der Waals surface area contributed by atoms with Crippen LogP contribution in [0.25, 0.3) is 10.9 Å². The molecular formula is C15H15IN4O. The number of benzene rings is 1. The quantitative estimate of drug-likeness (QED) is 0.694. The summed E-state index contributed by atoms with van der Waals surface area (Å²) in [7, 11) is 1.65. The molecule has 3 aromatic rings. The van der Waals surface area contributed by atoms with Crippen LogP contribution in [0.1, 0.15) is 11.4 Å². The fraction of sp³-hybridized carbons (Fsp3) is 0.200. The molecule has 0 radical (unpaired) electrons. The van der Waals surface area contributed by atoms with Crippen molar-refractivity contribution in [1.29, 1.82) is 0 Å². The van der Waals surface area contributed by atoms with Crippen molar-refractivity contribution < 1.29 is 4.74 Å². The van der Waals surface area contributed by atoms with E-state index >= 15 is 0 Å². The molecule has 1 aromatic carbocycles. The SMILES string of the molecule is COc1cccc2ccc(Cn3nc(C)c(I)c3N)nc12. The minimum absolute atomic E-state index is 0.545. The van der Waals surface area contributed by atoms with E-state index in [9.17, 15) is 0 Å². The summed E-state index contributed by atoms with van der Waals surface area (Å²) in [6.45, 7) is 2.50. The second kappa shape index (κ2) is 5.51. The number of nitrogens with zero attached hydrogens (tertiary/aromatic N) is 3. The highest BCUT2D eigenvalue weighted by molar-refractivity contribution is 14.1. The Labute approximate surface area is 136 Å². The largest absolute Gasteiger partial charge is 0.494 e. The molecule has 108 valence electrons. The molecule has 0 amide bonds. The second-order valence-electron chi connectivity index (χ2n) is 4.78. The van der Waals surface area contributed by atoms with E-state index in [0.717, 1.165) is 31.6 Å². The van der Waals surface area contributed by atoms with Gasteiger partial charge >= 0.3 is 0 Å². The highest BCUT2D eigenvalue weighted by atomic mass is 127. The molecule has 0 saturated carbocycles. The molecule has 0 aliphatic rings. The van der Waals surface area contributed by atoms with Gasteiger partial charge in [0.05, 0.1) is 28.6 Å². The molecule has 0 unspecified atom stereocenters. The third-order valence-electron chi connectivity index (χ3n) is 3.36. The first-order chi connectivity index (χ1) is 10.1. The number of nitrogen functional groups attached to an aromatic ring is 1. The lowest BCUT2D eigenvalue weighted by molar-refractivity contribution is 0.418. The predicted molar refractivity (Wildman–Crippen MR) is 91.5 cm³/mol. The molecule has 3 rings (SSSR count). The number of aryl methyl sites for hydroxylation is 1. The standard InChI is InChI=1S/C15H15IN4O/c1-9-13(16)15(17)20(19-9)8-11-7-6-10-4-3-5-12(21-2)14(10)18-11/h3-7H,8,17H2,1-2H3. The van der Waals surface area contributed by atoms with Crippen molar-refractivity contribution in [3.05, 3.63) is 45.3 Å². The molecule has 0 aliphatic heterocycles. The van der Waals surface area contributed by atoms with Crippen molar-refractivity contribution in [2.75, 3.05) is 12.8 Å². The summed E-state index contributed by atoms with van der Waals surface area (Å²) >= 11 is 2.21. The lowest BCUT2D eigenvalue weighted by Crippen LogP contribution is -2.07. The molecule has 0 aliphatic carbocycles. The maximum atomic E-state index is 6.06. The fourth-order valence-electron chi connectivity index (χ4n) is 2.26. The van der Waals surface area contributed by atoms with Gasteiger partial charge in [-0.25, -0.2) is 9.67 Å². The van der Waals surface area contributed by atoms with E-state index in [1.807, 2.05) is 37.3 Å². The topological polar surface area (TPSA) is 66.0 Å². The van der Waals surface area contributed by atoms with Crippen LogP contribution in [-0.2, 0) is 6.54 Å². The second-order valence-corrected chi connectivity index (χ2v) is 5.86. The first kappa shape index (κ1) is 14.1. The van der Waals surface area contributed by atoms with Crippen molar-refractivity contribution >= 4 is 39.3 Å². The van der Waals surface area contributed by atoms with E-state index in [4.69, 9.17) is 10.5 Å². The zero-order valence-electron chi connectivity index (χ0n) is 11.8. The minimum atomic E-state index is 0.545. The Morgan fingerprint density at radius 2 is 2.10 bits per heavy atom. The van der Waals surface area contributed by atoms with Crippen molar-refractivity contribution in [2.24, 2.45) is 0 Å². The lowest BCUT2D eigenvalue weighted by Gasteiger charge is -2.08. The number of para-hydroxylation sites is 1. The van der Waals surface area contributed by atoms with Crippen LogP contribution < -0.4 is 10.5 Å². The fourth-order valence-corrected chi connectivity index (χ4v) is 2.65. The van der Waals surface area contributed by atoms with Gasteiger partial charge in [-0.15, -0.1) is 0 Å². The van der Waals surface area contributed by atoms with Gasteiger partial charge in [-0.05, 0) is 41.6 Å². The van der Waals surface area contributed by atoms with Crippen LogP contribution in [0.2, 0.25) is 0 Å². The molecule has 5 nitrogen and oxygen atoms in total. The first-order valence-corrected chi connectivity index (χ1v) is 7.59. The highest BCUT2D eigenvalue weighted by Crippen LogP contribution is 2.24. The van der Waals surface area contributed by atoms with Crippen molar-refractivity contribution in [1.82, 2.24) is 14.8 Å². The Kier molecular flexibility index (Phi) is 3.71. The summed E-state index contributed by atoms with van der Waals surface area (Å²) in [5, 5.41) is 5.49. The zero-order chi connectivity index (χ0) is 15.0. The number of nitrogens with two attached hydrogens (primary N) is 1. The van der Waals surface area contributed by atoms with E-state index in [1.165, 1.54) is 0 Å². The molecule has 2 heterocycles. The Balaban J connectivity index is 2.03. The Hall–Kier alpha value is -1.83. The number of rotatable bonds is 3. The van der Waals surface area contributed by atoms with E-state index in [2.05, 4.69) is 32.7 Å². The van der Waals surface area contributed by atoms with Gasteiger partial charge in [-0.1, -0.05) is 18.2 Å². The predicted octanol–water partition coefficient (Wildman–Crippen LogP) is 2.98. The summed E-state index contributed by atoms with van der Waals surface area (Å²) in [5.74, 6) is 1.45. The summed E-state index contributed by atoms with van der Waals surface area (Å²) < 4.78 is 8.14. The Bertz CT molecular complexity index is 813. The van der Waals surface area contributed by atoms with E-state index in [0.29, 0.717) is 12.4 Å². The van der Waals surface area contributed by atoms with Gasteiger partial charge in [0.25, 0.3) is 0 Å². The minimum Gasteiger partial charge on any atom is -0.494 e. The maximum absolute atomic E-state index is 6.06. The average molecular weight is 394 g/mol. The first-order valence-electron chi connectivity index (χ1n) is 6.51. The van der Waals surface area contributed by atoms with Crippen molar-refractivity contribution in [2.45, 2.75) is 13.5 Å². The van der Waals surface area contributed by atoms with Gasteiger partial charge in [-0.2, -0.15) is 5.10 Å². The molecule has 0 bridgehead atoms. The molecule has 0 spiro atoms. The number of methoxy groups -OCH3 is 1. The van der Waals surface area contributed by atoms with Gasteiger partial charge in [0.15, 0.2) is 0 Å². The molecule has 2 aromatic heterocycles. The third-order valence-corrected chi connectivity index (χ3v) is 4.70. The van der Waals surface area contributed by atoms with Gasteiger partial charge < -0.3 is 10.5 Å². The zero-order valence-corrected chi connectivity index (χ0v) is 14.0. The number of fused-ring (bicyclic) bond motifs is 1. The number of anilines is 1. The third kappa shape index (κ3) is 2.55. The maximum Gasteiger partial charge on any atom is 0.145 e. The number of ether oxygens (including phenoxy) is 1. The lowest BCUT2D eigenvalue weighted by atomic mass is 10.2. The van der Waals surface area contributed by atoms with Gasteiger partial charge in [0, 0.05) is 5.39 Å². The van der Waals surface area contributed by atoms with Gasteiger partial charge in [-0.3, -0.25) is 0 Å². The van der Waals surface area contributed by atoms with Crippen LogP contribution in [0.5, 0.6) is 5.75 Å². The van der Waals surface area contributed by atoms with Crippen LogP contribution in [-0.4, -0.2) is 21.9 Å². The number of pyridine rings is 1. The van der Waals surface area contributed by atoms with Crippen LogP contribution in [0, 0.1) is 10.5 Å². The molecule has 6 heteroatoms. The number of hydrogen-bond acceptors (Lipinski definition) is 4. The molecule has 0 atom stereocenters. The number of aromatic nitrogens is 3. The molecule has 2 N–H and O–H groups in total. The van der Waals surface area contributed by atoms with E-state index in [1.54, 1.807) is 11.8 Å². The normalized spacial score (nSPS) is 11.0. The summed E-state index contributed by atoms with van der Waals surface area (Å²) in [4.78, 5) is 4.68. The van der Waals surface area contributed by atoms with Crippen LogP contribution in [0.4, 0.5) is 5.82 Å². The smallest absolute Gasteiger partial charge is 0.145 e. The van der Waals surface area contributed by atoms with E-state index < -0.39 is 0 Å². The molecular weight excluding hydrogens is 379 g/mol. The van der Waals surface area contributed by atoms with Crippen molar-refractivity contribution in [3.63, 3.8) is 0 Å². The highest BCUT2D eigenvalue weighted by Gasteiger charge is 2.11. The average Bonchev–Trinajstić information content (AvgIpc) is 2.74. The van der Waals surface area contributed by atoms with Gasteiger partial charge in [0.2, 0.25) is 0 Å². The van der Waals surface area contributed by atoms with E-state index in [-0.39, 0.29) is 0 Å². The van der Waals surface area contributed by atoms with Gasteiger partial charge in [0.1, 0.15) is 17.1 Å². The summed E-state index contributed by atoms with van der Waals surface area (Å²) in [6, 6.07) is 9.92. The molecule has 0 fully saturated rings. The summed E-state index contributed by atoms with van der Waals surface area (Å²) in [5.41, 5.74) is 8.75. The number of hydrogen-bond donors (Lipinski definition) is 1. The molecule has 21 heavy (non-hydrogen) atoms. The van der Waals surface area contributed by atoms with Crippen LogP contribution >= 0.6 is 22.6 Å². The molecule has 0 saturated heterocycles. The van der Waals surface area contributed by atoms with Crippen LogP contribution in [0.3, 0.4) is 0 Å². The summed E-state index contributed by atoms with van der Waals surface area (Å²) in [6.07, 6.45) is 0. The monoisotopic (exact) mass is 394 g/mol. The Morgan fingerprint density at radius 1 is 1.29 bits per heavy atom. The Morgan fingerprint density at radius 3 is 2.76 bits per heavy atom.